The molecule has 2 fully saturated rings. The number of fused-ring (bicyclic) bond motifs is 2. The van der Waals surface area contributed by atoms with Crippen LogP contribution in [-0.2, 0) is 9.84 Å². The molecular weight excluding hydrogens is 305 g/mol. The first-order chi connectivity index (χ1) is 10.4. The molecule has 1 aromatic rings. The third kappa shape index (κ3) is 2.34. The zero-order chi connectivity index (χ0) is 15.9. The minimum Gasteiger partial charge on any atom is -0.294 e. The number of nitriles is 1. The van der Waals surface area contributed by atoms with Gasteiger partial charge in [0, 0.05) is 11.5 Å². The van der Waals surface area contributed by atoms with Gasteiger partial charge < -0.3 is 0 Å². The molecule has 0 spiro atoms. The molecule has 2 unspecified atom stereocenters. The molecule has 0 aliphatic carbocycles. The first kappa shape index (κ1) is 15.2. The maximum absolute atomic E-state index is 13.7. The molecule has 116 valence electrons. The van der Waals surface area contributed by atoms with Gasteiger partial charge in [0.05, 0.1) is 16.1 Å². The van der Waals surface area contributed by atoms with Crippen molar-refractivity contribution in [1.82, 2.24) is 0 Å². The molecule has 0 saturated carbocycles. The molecule has 1 aromatic carbocycles. The fraction of sp³-hybridized carbons (Fsp3) is 0.500. The molecule has 2 aliphatic heterocycles. The first-order valence-electron chi connectivity index (χ1n) is 7.40. The van der Waals surface area contributed by atoms with Crippen LogP contribution >= 0.6 is 0 Å². The van der Waals surface area contributed by atoms with Crippen LogP contribution < -0.4 is 0 Å². The molecule has 2 atom stereocenters. The Hall–Kier alpha value is -1.74. The summed E-state index contributed by atoms with van der Waals surface area (Å²) in [6.07, 6.45) is 2.64. The first-order valence-corrected chi connectivity index (χ1v) is 9.01. The second-order valence-electron chi connectivity index (χ2n) is 6.07. The van der Waals surface area contributed by atoms with Crippen molar-refractivity contribution in [3.8, 4) is 6.07 Å². The Morgan fingerprint density at radius 2 is 1.86 bits per heavy atom. The number of sulfone groups is 1. The van der Waals surface area contributed by atoms with Crippen molar-refractivity contribution in [2.75, 3.05) is 0 Å². The molecule has 2 saturated heterocycles. The number of hydrogen-bond donors (Lipinski definition) is 0. The molecule has 22 heavy (non-hydrogen) atoms. The van der Waals surface area contributed by atoms with Gasteiger partial charge in [-0.2, -0.15) is 5.26 Å². The zero-order valence-corrected chi connectivity index (χ0v) is 12.8. The second-order valence-corrected chi connectivity index (χ2v) is 8.58. The van der Waals surface area contributed by atoms with E-state index in [0.29, 0.717) is 25.7 Å². The Labute approximate surface area is 128 Å². The summed E-state index contributed by atoms with van der Waals surface area (Å²) in [5.74, 6) is -1.45. The van der Waals surface area contributed by atoms with Gasteiger partial charge in [0.1, 0.15) is 11.9 Å². The van der Waals surface area contributed by atoms with Gasteiger partial charge in [0.15, 0.2) is 15.6 Å². The highest BCUT2D eigenvalue weighted by Gasteiger charge is 2.46. The van der Waals surface area contributed by atoms with Crippen molar-refractivity contribution in [2.45, 2.75) is 42.6 Å². The maximum Gasteiger partial charge on any atom is 0.167 e. The van der Waals surface area contributed by atoms with Crippen LogP contribution in [0.2, 0.25) is 0 Å². The number of hydrogen-bond acceptors (Lipinski definition) is 4. The summed E-state index contributed by atoms with van der Waals surface area (Å²) >= 11 is 0. The van der Waals surface area contributed by atoms with E-state index in [2.05, 4.69) is 0 Å². The number of carbonyl (C=O) groups excluding carboxylic acids is 1. The van der Waals surface area contributed by atoms with Crippen LogP contribution in [0.5, 0.6) is 0 Å². The summed E-state index contributed by atoms with van der Waals surface area (Å²) in [5, 5.41) is 8.12. The van der Waals surface area contributed by atoms with Crippen LogP contribution in [0.1, 0.15) is 48.0 Å². The molecule has 2 bridgehead atoms. The Morgan fingerprint density at radius 1 is 1.23 bits per heavy atom. The molecule has 2 aliphatic rings. The van der Waals surface area contributed by atoms with Crippen molar-refractivity contribution < 1.29 is 17.6 Å². The van der Waals surface area contributed by atoms with Gasteiger partial charge in [-0.15, -0.1) is 0 Å². The number of carbonyl (C=O) groups is 1. The smallest absolute Gasteiger partial charge is 0.167 e. The van der Waals surface area contributed by atoms with E-state index in [1.165, 1.54) is 12.1 Å². The number of rotatable bonds is 2. The van der Waals surface area contributed by atoms with E-state index in [4.69, 9.17) is 5.26 Å². The number of halogens is 1. The van der Waals surface area contributed by atoms with Crippen LogP contribution in [-0.4, -0.2) is 24.7 Å². The van der Waals surface area contributed by atoms with Crippen molar-refractivity contribution in [1.29, 1.82) is 5.26 Å². The Kier molecular flexibility index (Phi) is 3.77. The summed E-state index contributed by atoms with van der Waals surface area (Å²) in [4.78, 5) is 12.7. The third-order valence-electron chi connectivity index (χ3n) is 4.84. The summed E-state index contributed by atoms with van der Waals surface area (Å²) < 4.78 is 38.2. The van der Waals surface area contributed by atoms with Gasteiger partial charge >= 0.3 is 0 Å². The van der Waals surface area contributed by atoms with Gasteiger partial charge in [0.25, 0.3) is 0 Å². The number of nitrogens with zero attached hydrogens (tertiary/aromatic N) is 1. The standard InChI is InChI=1S/C16H16FNO3S/c17-15-6-2-5-13(14(15)9-18)16(19)10-7-11-3-1-4-12(8-10)22(11,20)21/h2,5-6,10-12H,1,3-4,7-8H2. The van der Waals surface area contributed by atoms with Crippen molar-refractivity contribution in [3.05, 3.63) is 35.1 Å². The van der Waals surface area contributed by atoms with Crippen LogP contribution in [0, 0.1) is 23.1 Å². The average Bonchev–Trinajstić information content (AvgIpc) is 2.45. The molecule has 4 nitrogen and oxygen atoms in total. The minimum atomic E-state index is -3.13. The van der Waals surface area contributed by atoms with Crippen LogP contribution in [0.15, 0.2) is 18.2 Å². The van der Waals surface area contributed by atoms with Gasteiger partial charge in [-0.05, 0) is 37.8 Å². The van der Waals surface area contributed by atoms with Crippen LogP contribution in [0.3, 0.4) is 0 Å². The highest BCUT2D eigenvalue weighted by Crippen LogP contribution is 2.40. The molecule has 0 amide bonds. The van der Waals surface area contributed by atoms with E-state index >= 15 is 0 Å². The summed E-state index contributed by atoms with van der Waals surface area (Å²) in [5.41, 5.74) is -0.170. The van der Waals surface area contributed by atoms with E-state index in [-0.39, 0.29) is 16.9 Å². The van der Waals surface area contributed by atoms with Gasteiger partial charge in [-0.25, -0.2) is 12.8 Å². The quantitative estimate of drug-likeness (QED) is 0.785. The fourth-order valence-corrected chi connectivity index (χ4v) is 6.22. The van der Waals surface area contributed by atoms with Crippen molar-refractivity contribution in [3.63, 3.8) is 0 Å². The molecule has 3 rings (SSSR count). The zero-order valence-electron chi connectivity index (χ0n) is 12.0. The lowest BCUT2D eigenvalue weighted by Gasteiger charge is -2.38. The SMILES string of the molecule is N#Cc1c(F)cccc1C(=O)C1CC2CCCC(C1)S2(=O)=O. The summed E-state index contributed by atoms with van der Waals surface area (Å²) in [7, 11) is -3.13. The van der Waals surface area contributed by atoms with Crippen LogP contribution in [0.25, 0.3) is 0 Å². The van der Waals surface area contributed by atoms with Gasteiger partial charge in [0.2, 0.25) is 0 Å². The Morgan fingerprint density at radius 3 is 2.45 bits per heavy atom. The molecule has 2 heterocycles. The van der Waals surface area contributed by atoms with E-state index < -0.39 is 32.1 Å². The van der Waals surface area contributed by atoms with Crippen molar-refractivity contribution >= 4 is 15.6 Å². The number of benzene rings is 1. The van der Waals surface area contributed by atoms with Gasteiger partial charge in [-0.3, -0.25) is 4.79 Å². The third-order valence-corrected chi connectivity index (χ3v) is 7.55. The molecule has 0 radical (unpaired) electrons. The normalized spacial score (nSPS) is 29.5. The lowest BCUT2D eigenvalue weighted by atomic mass is 9.83. The molecule has 0 aromatic heterocycles. The average molecular weight is 321 g/mol. The highest BCUT2D eigenvalue weighted by molar-refractivity contribution is 7.92. The summed E-state index contributed by atoms with van der Waals surface area (Å²) in [6, 6.07) is 5.74. The predicted molar refractivity (Wildman–Crippen MR) is 78.5 cm³/mol. The van der Waals surface area contributed by atoms with E-state index in [0.717, 1.165) is 12.5 Å². The number of ketones is 1. The van der Waals surface area contributed by atoms with Crippen LogP contribution in [0.4, 0.5) is 4.39 Å². The molecule has 0 N–H and O–H groups in total. The fourth-order valence-electron chi connectivity index (χ4n) is 3.69. The molecular formula is C16H16FNO3S. The van der Waals surface area contributed by atoms with E-state index in [1.807, 2.05) is 0 Å². The highest BCUT2D eigenvalue weighted by atomic mass is 32.2. The number of Topliss-reactive ketones (excluding diaryl/α,β-unsaturated/α-hetero) is 1. The largest absolute Gasteiger partial charge is 0.294 e. The molecule has 6 heteroatoms. The lowest BCUT2D eigenvalue weighted by molar-refractivity contribution is 0.0893. The van der Waals surface area contributed by atoms with E-state index in [9.17, 15) is 17.6 Å². The topological polar surface area (TPSA) is 75.0 Å². The predicted octanol–water partition coefficient (Wildman–Crippen LogP) is 2.63. The van der Waals surface area contributed by atoms with E-state index in [1.54, 1.807) is 6.07 Å². The summed E-state index contributed by atoms with van der Waals surface area (Å²) in [6.45, 7) is 0. The second kappa shape index (κ2) is 5.47. The minimum absolute atomic E-state index is 0.0740. The lowest BCUT2D eigenvalue weighted by Crippen LogP contribution is -2.45. The van der Waals surface area contributed by atoms with Crippen molar-refractivity contribution in [2.24, 2.45) is 5.92 Å². The monoisotopic (exact) mass is 321 g/mol. The Bertz CT molecular complexity index is 746. The Balaban J connectivity index is 1.92. The maximum atomic E-state index is 13.7. The van der Waals surface area contributed by atoms with Gasteiger partial charge in [-0.1, -0.05) is 12.5 Å².